The summed E-state index contributed by atoms with van der Waals surface area (Å²) in [5, 5.41) is 0.754. The van der Waals surface area contributed by atoms with Gasteiger partial charge >= 0.3 is 11.8 Å². The van der Waals surface area contributed by atoms with E-state index < -0.39 is 0 Å². The van der Waals surface area contributed by atoms with Crippen LogP contribution >= 0.6 is 0 Å². The molecule has 0 saturated carbocycles. The number of rotatable bonds is 4. The van der Waals surface area contributed by atoms with Crippen molar-refractivity contribution in [3.63, 3.8) is 0 Å². The van der Waals surface area contributed by atoms with Crippen molar-refractivity contribution >= 4 is 52.3 Å². The molecule has 207 valence electrons. The third-order valence-electron chi connectivity index (χ3n) is 7.70. The first kappa shape index (κ1) is 26.6. The molecular weight excluding hydrogens is 631 g/mol. The summed E-state index contributed by atoms with van der Waals surface area (Å²) < 4.78 is 12.2. The van der Waals surface area contributed by atoms with Crippen LogP contribution < -0.4 is 4.90 Å². The maximum absolute atomic E-state index is 6.31. The molecule has 6 nitrogen and oxygen atoms in total. The van der Waals surface area contributed by atoms with E-state index in [1.807, 2.05) is 59.6 Å². The minimum Gasteiger partial charge on any atom is -0.780 e. The Hall–Kier alpha value is -4.26. The standard InChI is InChI=1S/C34H24N4O2S.Rh/c41-31(23-9-2-1-3-10-23)26-20-39-33-30(26)37-34(40-33)38-28-14-5-4-8-21(28)15-16-24-17-18-27(36-32(24)38)25-13-6-11-22-12-7-19-35-29(22)25;/h1-14,17-20,31,41H,15-16H2;/p-1. The molecule has 4 aromatic heterocycles. The number of oxazole rings is 1. The molecule has 1 aliphatic heterocycles. The average Bonchev–Trinajstić information content (AvgIpc) is 3.57. The second kappa shape index (κ2) is 10.9. The van der Waals surface area contributed by atoms with Crippen LogP contribution in [-0.4, -0.2) is 15.0 Å². The summed E-state index contributed by atoms with van der Waals surface area (Å²) in [6.45, 7) is 0. The smallest absolute Gasteiger partial charge is 0.319 e. The molecule has 5 heterocycles. The number of hydrogen-bond acceptors (Lipinski definition) is 7. The molecule has 1 atom stereocenters. The number of anilines is 3. The predicted molar refractivity (Wildman–Crippen MR) is 163 cm³/mol. The Morgan fingerprint density at radius 3 is 2.48 bits per heavy atom. The summed E-state index contributed by atoms with van der Waals surface area (Å²) in [5.74, 6) is 1.13. The van der Waals surface area contributed by atoms with Crippen molar-refractivity contribution in [1.29, 1.82) is 0 Å². The fourth-order valence-electron chi connectivity index (χ4n) is 5.66. The van der Waals surface area contributed by atoms with E-state index in [0.29, 0.717) is 17.3 Å². The third-order valence-corrected chi connectivity index (χ3v) is 8.23. The number of benzene rings is 3. The zero-order chi connectivity index (χ0) is 27.3. The van der Waals surface area contributed by atoms with Crippen molar-refractivity contribution in [3.8, 4) is 11.3 Å². The van der Waals surface area contributed by atoms with Crippen LogP contribution in [0.4, 0.5) is 17.5 Å². The van der Waals surface area contributed by atoms with E-state index in [1.54, 1.807) is 6.26 Å². The zero-order valence-electron chi connectivity index (χ0n) is 22.2. The van der Waals surface area contributed by atoms with Gasteiger partial charge in [0.2, 0.25) is 0 Å². The van der Waals surface area contributed by atoms with Crippen LogP contribution in [0.25, 0.3) is 33.5 Å². The Bertz CT molecular complexity index is 2050. The first-order chi connectivity index (χ1) is 20.2. The summed E-state index contributed by atoms with van der Waals surface area (Å²) in [7, 11) is 0. The normalized spacial score (nSPS) is 13.3. The quantitative estimate of drug-likeness (QED) is 0.140. The Morgan fingerprint density at radius 1 is 0.762 bits per heavy atom. The largest absolute Gasteiger partial charge is 0.780 e. The second-order valence-electron chi connectivity index (χ2n) is 10.1. The molecule has 0 N–H and O–H groups in total. The molecule has 3 aromatic carbocycles. The minimum absolute atomic E-state index is 0. The molecule has 0 saturated heterocycles. The number of aryl methyl sites for hydroxylation is 2. The summed E-state index contributed by atoms with van der Waals surface area (Å²) in [6, 6.07) is 33.2. The van der Waals surface area contributed by atoms with Crippen LogP contribution in [0.1, 0.15) is 27.5 Å². The molecule has 8 heteroatoms. The van der Waals surface area contributed by atoms with Gasteiger partial charge in [0.25, 0.3) is 0 Å². The van der Waals surface area contributed by atoms with Gasteiger partial charge in [-0.15, -0.1) is 5.25 Å². The SMILES string of the molecule is [Rh].[S-]C(c1ccccc1)c1coc2oc(N3c4ccccc4CCc4ccc(-c5cccc6cccnc56)nc43)nc12. The van der Waals surface area contributed by atoms with Gasteiger partial charge in [0.1, 0.15) is 5.82 Å². The third kappa shape index (κ3) is 4.43. The second-order valence-corrected chi connectivity index (χ2v) is 10.6. The molecule has 1 radical (unpaired) electrons. The number of pyridine rings is 2. The topological polar surface area (TPSA) is 68.2 Å². The van der Waals surface area contributed by atoms with Crippen molar-refractivity contribution in [2.24, 2.45) is 0 Å². The van der Waals surface area contributed by atoms with Crippen LogP contribution in [0.5, 0.6) is 0 Å². The molecular formula is C34H23N4O2RhS-. The Kier molecular flexibility index (Phi) is 6.89. The van der Waals surface area contributed by atoms with Gasteiger partial charge < -0.3 is 21.5 Å². The van der Waals surface area contributed by atoms with Gasteiger partial charge in [0.15, 0.2) is 5.52 Å². The maximum Gasteiger partial charge on any atom is 0.319 e. The van der Waals surface area contributed by atoms with Crippen molar-refractivity contribution in [1.82, 2.24) is 15.0 Å². The maximum atomic E-state index is 6.31. The summed E-state index contributed by atoms with van der Waals surface area (Å²) in [5.41, 5.74) is 8.46. The van der Waals surface area contributed by atoms with Gasteiger partial charge in [-0.25, -0.2) is 9.88 Å². The molecule has 0 amide bonds. The van der Waals surface area contributed by atoms with Gasteiger partial charge in [-0.3, -0.25) is 4.98 Å². The van der Waals surface area contributed by atoms with E-state index in [1.165, 1.54) is 5.56 Å². The van der Waals surface area contributed by atoms with Gasteiger partial charge in [0.05, 0.1) is 23.2 Å². The number of furan rings is 1. The molecule has 8 rings (SSSR count). The van der Waals surface area contributed by atoms with Crippen molar-refractivity contribution in [2.75, 3.05) is 4.90 Å². The number of para-hydroxylation sites is 2. The van der Waals surface area contributed by atoms with E-state index in [4.69, 9.17) is 31.4 Å². The first-order valence-corrected chi connectivity index (χ1v) is 14.0. The van der Waals surface area contributed by atoms with Gasteiger partial charge in [-0.05, 0) is 42.2 Å². The molecule has 1 aliphatic rings. The van der Waals surface area contributed by atoms with E-state index >= 15 is 0 Å². The van der Waals surface area contributed by atoms with Crippen LogP contribution in [0.3, 0.4) is 0 Å². The zero-order valence-corrected chi connectivity index (χ0v) is 24.7. The molecule has 0 fully saturated rings. The molecule has 0 bridgehead atoms. The molecule has 0 aliphatic carbocycles. The average molecular weight is 655 g/mol. The van der Waals surface area contributed by atoms with Gasteiger partial charge in [-0.1, -0.05) is 84.4 Å². The van der Waals surface area contributed by atoms with Crippen LogP contribution in [0, 0.1) is 0 Å². The van der Waals surface area contributed by atoms with Crippen molar-refractivity contribution < 1.29 is 28.3 Å². The Balaban J connectivity index is 0.00000288. The number of hydrogen-bond donors (Lipinski definition) is 0. The van der Waals surface area contributed by atoms with E-state index in [-0.39, 0.29) is 24.7 Å². The van der Waals surface area contributed by atoms with E-state index in [9.17, 15) is 0 Å². The summed E-state index contributed by atoms with van der Waals surface area (Å²) in [6.07, 6.45) is 5.19. The van der Waals surface area contributed by atoms with Crippen LogP contribution in [-0.2, 0) is 44.9 Å². The predicted octanol–water partition coefficient (Wildman–Crippen LogP) is 8.23. The summed E-state index contributed by atoms with van der Waals surface area (Å²) in [4.78, 5) is 16.9. The first-order valence-electron chi connectivity index (χ1n) is 13.6. The van der Waals surface area contributed by atoms with Crippen LogP contribution in [0.2, 0.25) is 0 Å². The fraction of sp³-hybridized carbons (Fsp3) is 0.0882. The van der Waals surface area contributed by atoms with Gasteiger partial charge in [0, 0.05) is 42.2 Å². The monoisotopic (exact) mass is 654 g/mol. The molecule has 1 unspecified atom stereocenters. The summed E-state index contributed by atoms with van der Waals surface area (Å²) >= 11 is 5.90. The Labute approximate surface area is 260 Å². The van der Waals surface area contributed by atoms with E-state index in [0.717, 1.165) is 63.2 Å². The molecule has 7 aromatic rings. The molecule has 42 heavy (non-hydrogen) atoms. The van der Waals surface area contributed by atoms with E-state index in [2.05, 4.69) is 53.5 Å². The Morgan fingerprint density at radius 2 is 1.57 bits per heavy atom. The molecule has 0 spiro atoms. The van der Waals surface area contributed by atoms with Gasteiger partial charge in [-0.2, -0.15) is 4.98 Å². The van der Waals surface area contributed by atoms with Crippen LogP contribution in [0.15, 0.2) is 118 Å². The van der Waals surface area contributed by atoms with Crippen molar-refractivity contribution in [2.45, 2.75) is 18.1 Å². The fourth-order valence-corrected chi connectivity index (χ4v) is 5.99. The minimum atomic E-state index is -0.317. The number of aromatic nitrogens is 3. The number of nitrogens with zero attached hydrogens (tertiary/aromatic N) is 4. The van der Waals surface area contributed by atoms with Crippen molar-refractivity contribution in [3.05, 3.63) is 132 Å². The number of fused-ring (bicyclic) bond motifs is 4.